The summed E-state index contributed by atoms with van der Waals surface area (Å²) >= 11 is 12.5. The van der Waals surface area contributed by atoms with Gasteiger partial charge in [0.25, 0.3) is 0 Å². The van der Waals surface area contributed by atoms with Crippen LogP contribution in [-0.4, -0.2) is 9.55 Å². The Morgan fingerprint density at radius 1 is 1.29 bits per heavy atom. The molecule has 3 rings (SSSR count). The van der Waals surface area contributed by atoms with E-state index in [1.54, 1.807) is 0 Å². The number of halogens is 2. The fourth-order valence-corrected chi connectivity index (χ4v) is 3.89. The van der Waals surface area contributed by atoms with Crippen LogP contribution in [0.4, 0.5) is 0 Å². The zero-order valence-electron chi connectivity index (χ0n) is 12.6. The summed E-state index contributed by atoms with van der Waals surface area (Å²) in [6.07, 6.45) is 6.37. The minimum Gasteiger partial charge on any atom is -0.324 e. The third-order valence-corrected chi connectivity index (χ3v) is 5.22. The highest BCUT2D eigenvalue weighted by molar-refractivity contribution is 6.31. The Bertz CT molecular complexity index is 625. The zero-order valence-corrected chi connectivity index (χ0v) is 14.2. The summed E-state index contributed by atoms with van der Waals surface area (Å²) in [5, 5.41) is 0.649. The number of alkyl halides is 1. The molecule has 1 fully saturated rings. The van der Waals surface area contributed by atoms with Crippen molar-refractivity contribution >= 4 is 34.2 Å². The van der Waals surface area contributed by atoms with Gasteiger partial charge in [0.1, 0.15) is 5.82 Å². The van der Waals surface area contributed by atoms with Crippen LogP contribution < -0.4 is 0 Å². The van der Waals surface area contributed by atoms with E-state index in [0.717, 1.165) is 22.3 Å². The van der Waals surface area contributed by atoms with Crippen molar-refractivity contribution in [1.29, 1.82) is 0 Å². The molecule has 0 spiro atoms. The Morgan fingerprint density at radius 3 is 2.62 bits per heavy atom. The molecule has 1 aromatic heterocycles. The number of aromatic nitrogens is 2. The van der Waals surface area contributed by atoms with Gasteiger partial charge < -0.3 is 4.57 Å². The molecule has 1 atom stereocenters. The highest BCUT2D eigenvalue weighted by atomic mass is 35.5. The van der Waals surface area contributed by atoms with Crippen molar-refractivity contribution in [3.63, 3.8) is 0 Å². The van der Waals surface area contributed by atoms with Crippen molar-refractivity contribution in [2.75, 3.05) is 0 Å². The zero-order chi connectivity index (χ0) is 15.0. The fourth-order valence-electron chi connectivity index (χ4n) is 3.57. The van der Waals surface area contributed by atoms with E-state index in [4.69, 9.17) is 28.2 Å². The summed E-state index contributed by atoms with van der Waals surface area (Å²) in [5.41, 5.74) is 2.13. The molecular formula is C17H22Cl2N2. The molecule has 1 aliphatic rings. The third kappa shape index (κ3) is 2.93. The molecule has 0 N–H and O–H groups in total. The van der Waals surface area contributed by atoms with E-state index in [9.17, 15) is 0 Å². The molecule has 2 nitrogen and oxygen atoms in total. The molecule has 1 unspecified atom stereocenters. The number of benzene rings is 1. The predicted molar refractivity (Wildman–Crippen MR) is 90.3 cm³/mol. The lowest BCUT2D eigenvalue weighted by Crippen LogP contribution is -2.19. The summed E-state index contributed by atoms with van der Waals surface area (Å²) in [6, 6.07) is 6.49. The third-order valence-electron chi connectivity index (χ3n) is 4.79. The van der Waals surface area contributed by atoms with Crippen molar-refractivity contribution in [3.05, 3.63) is 29.0 Å². The van der Waals surface area contributed by atoms with Crippen LogP contribution >= 0.6 is 23.2 Å². The van der Waals surface area contributed by atoms with Crippen LogP contribution in [0.3, 0.4) is 0 Å². The molecular weight excluding hydrogens is 303 g/mol. The highest BCUT2D eigenvalue weighted by Gasteiger charge is 2.26. The first kappa shape index (κ1) is 15.2. The van der Waals surface area contributed by atoms with Crippen LogP contribution in [0.15, 0.2) is 18.2 Å². The first-order chi connectivity index (χ1) is 10.1. The van der Waals surface area contributed by atoms with Crippen LogP contribution in [0.2, 0.25) is 5.02 Å². The Balaban J connectivity index is 2.02. The topological polar surface area (TPSA) is 17.8 Å². The van der Waals surface area contributed by atoms with Crippen molar-refractivity contribution in [2.24, 2.45) is 5.92 Å². The van der Waals surface area contributed by atoms with Gasteiger partial charge in [-0.15, -0.1) is 11.6 Å². The summed E-state index contributed by atoms with van der Waals surface area (Å²) in [6.45, 7) is 4.30. The van der Waals surface area contributed by atoms with Gasteiger partial charge in [-0.25, -0.2) is 4.98 Å². The number of hydrogen-bond donors (Lipinski definition) is 0. The van der Waals surface area contributed by atoms with Gasteiger partial charge in [-0.05, 0) is 56.7 Å². The van der Waals surface area contributed by atoms with Crippen molar-refractivity contribution in [2.45, 2.75) is 57.4 Å². The highest BCUT2D eigenvalue weighted by Crippen LogP contribution is 2.38. The summed E-state index contributed by atoms with van der Waals surface area (Å²) in [4.78, 5) is 4.73. The molecule has 0 saturated heterocycles. The maximum atomic E-state index is 6.38. The molecule has 1 saturated carbocycles. The molecule has 21 heavy (non-hydrogen) atoms. The van der Waals surface area contributed by atoms with E-state index in [2.05, 4.69) is 17.6 Å². The van der Waals surface area contributed by atoms with Crippen molar-refractivity contribution in [3.8, 4) is 0 Å². The number of rotatable bonds is 3. The number of hydrogen-bond acceptors (Lipinski definition) is 1. The quantitative estimate of drug-likeness (QED) is 0.621. The van der Waals surface area contributed by atoms with E-state index in [1.165, 1.54) is 37.6 Å². The molecule has 2 aromatic rings. The SMILES string of the molecule is CCC1CCC(n2c(C(C)Cl)nc3cc(Cl)ccc32)CC1. The van der Waals surface area contributed by atoms with Crippen LogP contribution in [0.1, 0.15) is 63.2 Å². The molecule has 1 heterocycles. The minimum atomic E-state index is -0.0833. The van der Waals surface area contributed by atoms with Gasteiger partial charge in [-0.1, -0.05) is 24.9 Å². The lowest BCUT2D eigenvalue weighted by molar-refractivity contribution is 0.269. The van der Waals surface area contributed by atoms with Gasteiger partial charge in [0.05, 0.1) is 16.4 Å². The summed E-state index contributed by atoms with van der Waals surface area (Å²) in [7, 11) is 0. The summed E-state index contributed by atoms with van der Waals surface area (Å²) < 4.78 is 2.37. The molecule has 1 aliphatic carbocycles. The predicted octanol–water partition coefficient (Wildman–Crippen LogP) is 6.13. The molecule has 0 radical (unpaired) electrons. The monoisotopic (exact) mass is 324 g/mol. The Hall–Kier alpha value is -0.730. The molecule has 1 aromatic carbocycles. The number of imidazole rings is 1. The first-order valence-electron chi connectivity index (χ1n) is 7.91. The molecule has 114 valence electrons. The van der Waals surface area contributed by atoms with E-state index in [0.29, 0.717) is 6.04 Å². The smallest absolute Gasteiger partial charge is 0.127 e. The molecule has 0 aliphatic heterocycles. The summed E-state index contributed by atoms with van der Waals surface area (Å²) in [5.74, 6) is 1.87. The first-order valence-corrected chi connectivity index (χ1v) is 8.73. The van der Waals surface area contributed by atoms with Crippen molar-refractivity contribution in [1.82, 2.24) is 9.55 Å². The lowest BCUT2D eigenvalue weighted by atomic mass is 9.84. The average Bonchev–Trinajstić information content (AvgIpc) is 2.86. The molecule has 4 heteroatoms. The molecule has 0 bridgehead atoms. The van der Waals surface area contributed by atoms with Gasteiger partial charge >= 0.3 is 0 Å². The van der Waals surface area contributed by atoms with Gasteiger partial charge in [-0.3, -0.25) is 0 Å². The van der Waals surface area contributed by atoms with Crippen LogP contribution in [0, 0.1) is 5.92 Å². The van der Waals surface area contributed by atoms with Crippen LogP contribution in [0.25, 0.3) is 11.0 Å². The van der Waals surface area contributed by atoms with Gasteiger partial charge in [0.2, 0.25) is 0 Å². The molecule has 0 amide bonds. The van der Waals surface area contributed by atoms with Crippen molar-refractivity contribution < 1.29 is 0 Å². The Labute approximate surface area is 136 Å². The number of fused-ring (bicyclic) bond motifs is 1. The number of nitrogens with zero attached hydrogens (tertiary/aromatic N) is 2. The van der Waals surface area contributed by atoms with E-state index in [1.807, 2.05) is 19.1 Å². The minimum absolute atomic E-state index is 0.0833. The Kier molecular flexibility index (Phi) is 4.46. The average molecular weight is 325 g/mol. The maximum Gasteiger partial charge on any atom is 0.127 e. The standard InChI is InChI=1S/C17H22Cl2N2/c1-3-12-4-7-14(8-5-12)21-16-9-6-13(19)10-15(16)20-17(21)11(2)18/h6,9-12,14H,3-5,7-8H2,1-2H3. The largest absolute Gasteiger partial charge is 0.324 e. The lowest BCUT2D eigenvalue weighted by Gasteiger charge is -2.30. The van der Waals surface area contributed by atoms with Crippen LogP contribution in [0.5, 0.6) is 0 Å². The second-order valence-corrected chi connectivity index (χ2v) is 7.26. The van der Waals surface area contributed by atoms with E-state index in [-0.39, 0.29) is 5.38 Å². The van der Waals surface area contributed by atoms with E-state index >= 15 is 0 Å². The van der Waals surface area contributed by atoms with Gasteiger partial charge in [0, 0.05) is 11.1 Å². The maximum absolute atomic E-state index is 6.38. The normalized spacial score (nSPS) is 24.4. The van der Waals surface area contributed by atoms with Gasteiger partial charge in [-0.2, -0.15) is 0 Å². The van der Waals surface area contributed by atoms with Crippen LogP contribution in [-0.2, 0) is 0 Å². The second kappa shape index (κ2) is 6.18. The Morgan fingerprint density at radius 2 is 2.00 bits per heavy atom. The van der Waals surface area contributed by atoms with E-state index < -0.39 is 0 Å². The van der Waals surface area contributed by atoms with Gasteiger partial charge in [0.15, 0.2) is 0 Å². The second-order valence-electron chi connectivity index (χ2n) is 6.17. The fraction of sp³-hybridized carbons (Fsp3) is 0.588.